The fraction of sp³-hybridized carbons (Fsp3) is 0.714. The summed E-state index contributed by atoms with van der Waals surface area (Å²) in [5.41, 5.74) is -0.647. The lowest BCUT2D eigenvalue weighted by Crippen LogP contribution is -2.48. The van der Waals surface area contributed by atoms with Gasteiger partial charge in [-0.1, -0.05) is 0 Å². The molecule has 1 unspecified atom stereocenters. The van der Waals surface area contributed by atoms with Gasteiger partial charge in [-0.3, -0.25) is 4.79 Å². The maximum Gasteiger partial charge on any atom is 0.218 e. The summed E-state index contributed by atoms with van der Waals surface area (Å²) in [7, 11) is 0. The zero-order chi connectivity index (χ0) is 8.32. The van der Waals surface area contributed by atoms with Crippen molar-refractivity contribution in [2.75, 3.05) is 13.1 Å². The van der Waals surface area contributed by atoms with Crippen molar-refractivity contribution in [1.82, 2.24) is 10.6 Å². The molecule has 4 nitrogen and oxygen atoms in total. The van der Waals surface area contributed by atoms with Crippen LogP contribution in [0.2, 0.25) is 0 Å². The van der Waals surface area contributed by atoms with Crippen LogP contribution >= 0.6 is 0 Å². The van der Waals surface area contributed by atoms with E-state index in [4.69, 9.17) is 5.26 Å². The predicted octanol–water partition coefficient (Wildman–Crippen LogP) is -0.622. The first-order chi connectivity index (χ1) is 5.18. The molecule has 2 N–H and O–H groups in total. The summed E-state index contributed by atoms with van der Waals surface area (Å²) in [6, 6.07) is 2.11. The smallest absolute Gasteiger partial charge is 0.218 e. The third kappa shape index (κ3) is 1.69. The number of hydrogen-bond donors (Lipinski definition) is 2. The Morgan fingerprint density at radius 3 is 2.91 bits per heavy atom. The minimum absolute atomic E-state index is 0.143. The molecule has 4 heteroatoms. The van der Waals surface area contributed by atoms with Crippen LogP contribution < -0.4 is 10.6 Å². The Labute approximate surface area is 65.6 Å². The van der Waals surface area contributed by atoms with Crippen LogP contribution in [-0.4, -0.2) is 24.5 Å². The molecule has 1 amide bonds. The Hall–Kier alpha value is -1.08. The molecule has 1 rings (SSSR count). The van der Waals surface area contributed by atoms with Crippen LogP contribution in [0.4, 0.5) is 0 Å². The van der Waals surface area contributed by atoms with E-state index in [1.165, 1.54) is 6.92 Å². The average Bonchev–Trinajstić information content (AvgIpc) is 2.36. The van der Waals surface area contributed by atoms with Crippen LogP contribution in [0.15, 0.2) is 0 Å². The largest absolute Gasteiger partial charge is 0.337 e. The molecule has 1 saturated heterocycles. The highest BCUT2D eigenvalue weighted by atomic mass is 16.1. The fourth-order valence-electron chi connectivity index (χ4n) is 1.26. The molecule has 0 aromatic rings. The van der Waals surface area contributed by atoms with Gasteiger partial charge in [0.1, 0.15) is 5.54 Å². The molecule has 60 valence electrons. The van der Waals surface area contributed by atoms with Gasteiger partial charge in [-0.05, 0) is 13.0 Å². The Morgan fingerprint density at radius 2 is 2.55 bits per heavy atom. The monoisotopic (exact) mass is 153 g/mol. The molecule has 1 atom stereocenters. The van der Waals surface area contributed by atoms with Crippen LogP contribution in [0.5, 0.6) is 0 Å². The van der Waals surface area contributed by atoms with Crippen LogP contribution in [-0.2, 0) is 4.79 Å². The zero-order valence-corrected chi connectivity index (χ0v) is 6.48. The number of hydrogen-bond acceptors (Lipinski definition) is 3. The van der Waals surface area contributed by atoms with Gasteiger partial charge in [0.15, 0.2) is 0 Å². The van der Waals surface area contributed by atoms with Gasteiger partial charge >= 0.3 is 0 Å². The van der Waals surface area contributed by atoms with E-state index in [-0.39, 0.29) is 5.91 Å². The van der Waals surface area contributed by atoms with Gasteiger partial charge in [0.25, 0.3) is 0 Å². The standard InChI is InChI=1S/C7H11N3O/c1-6(11)10-7(4-8)2-3-9-5-7/h9H,2-3,5H2,1H3,(H,10,11). The molecule has 1 heterocycles. The van der Waals surface area contributed by atoms with Gasteiger partial charge in [0.05, 0.1) is 6.07 Å². The Kier molecular flexibility index (Phi) is 2.11. The van der Waals surface area contributed by atoms with Crippen molar-refractivity contribution in [1.29, 1.82) is 5.26 Å². The predicted molar refractivity (Wildman–Crippen MR) is 39.6 cm³/mol. The molecular weight excluding hydrogens is 142 g/mol. The Balaban J connectivity index is 2.61. The maximum atomic E-state index is 10.7. The number of amides is 1. The van der Waals surface area contributed by atoms with Gasteiger partial charge in [0.2, 0.25) is 5.91 Å². The average molecular weight is 153 g/mol. The summed E-state index contributed by atoms with van der Waals surface area (Å²) in [5, 5.41) is 14.4. The van der Waals surface area contributed by atoms with Crippen molar-refractivity contribution in [2.24, 2.45) is 0 Å². The summed E-state index contributed by atoms with van der Waals surface area (Å²) in [6.07, 6.45) is 0.698. The molecule has 0 saturated carbocycles. The highest BCUT2D eigenvalue weighted by Gasteiger charge is 2.34. The topological polar surface area (TPSA) is 64.9 Å². The third-order valence-corrected chi connectivity index (χ3v) is 1.78. The van der Waals surface area contributed by atoms with Crippen LogP contribution in [0.1, 0.15) is 13.3 Å². The van der Waals surface area contributed by atoms with E-state index >= 15 is 0 Å². The van der Waals surface area contributed by atoms with Crippen molar-refractivity contribution in [3.8, 4) is 6.07 Å². The van der Waals surface area contributed by atoms with Crippen molar-refractivity contribution in [3.05, 3.63) is 0 Å². The quantitative estimate of drug-likeness (QED) is 0.527. The van der Waals surface area contributed by atoms with Crippen LogP contribution in [0.3, 0.4) is 0 Å². The first kappa shape index (κ1) is 8.02. The van der Waals surface area contributed by atoms with Crippen LogP contribution in [0, 0.1) is 11.3 Å². The first-order valence-corrected chi connectivity index (χ1v) is 3.59. The van der Waals surface area contributed by atoms with Crippen molar-refractivity contribution in [3.63, 3.8) is 0 Å². The molecule has 0 aliphatic carbocycles. The van der Waals surface area contributed by atoms with E-state index in [1.54, 1.807) is 0 Å². The first-order valence-electron chi connectivity index (χ1n) is 3.59. The van der Waals surface area contributed by atoms with E-state index in [9.17, 15) is 4.79 Å². The molecule has 0 spiro atoms. The second-order valence-electron chi connectivity index (χ2n) is 2.80. The van der Waals surface area contributed by atoms with Crippen LogP contribution in [0.25, 0.3) is 0 Å². The van der Waals surface area contributed by atoms with Crippen molar-refractivity contribution >= 4 is 5.91 Å². The number of nitrogens with zero attached hydrogens (tertiary/aromatic N) is 1. The summed E-state index contributed by atoms with van der Waals surface area (Å²) < 4.78 is 0. The molecule has 1 aliphatic heterocycles. The molecular formula is C7H11N3O. The Bertz CT molecular complexity index is 200. The molecule has 0 radical (unpaired) electrons. The van der Waals surface area contributed by atoms with E-state index < -0.39 is 5.54 Å². The minimum Gasteiger partial charge on any atom is -0.337 e. The number of carbonyl (C=O) groups is 1. The van der Waals surface area contributed by atoms with Crippen molar-refractivity contribution in [2.45, 2.75) is 18.9 Å². The molecule has 11 heavy (non-hydrogen) atoms. The molecule has 1 aliphatic rings. The van der Waals surface area contributed by atoms with Crippen molar-refractivity contribution < 1.29 is 4.79 Å². The summed E-state index contributed by atoms with van der Waals surface area (Å²) in [4.78, 5) is 10.7. The highest BCUT2D eigenvalue weighted by Crippen LogP contribution is 2.12. The van der Waals surface area contributed by atoms with E-state index in [1.807, 2.05) is 0 Å². The van der Waals surface area contributed by atoms with E-state index in [0.29, 0.717) is 13.0 Å². The van der Waals surface area contributed by atoms with Gasteiger partial charge in [-0.25, -0.2) is 0 Å². The maximum absolute atomic E-state index is 10.7. The van der Waals surface area contributed by atoms with Gasteiger partial charge in [-0.15, -0.1) is 0 Å². The van der Waals surface area contributed by atoms with E-state index in [2.05, 4.69) is 16.7 Å². The summed E-state index contributed by atoms with van der Waals surface area (Å²) >= 11 is 0. The normalized spacial score (nSPS) is 29.5. The molecule has 1 fully saturated rings. The Morgan fingerprint density at radius 1 is 1.82 bits per heavy atom. The van der Waals surface area contributed by atoms with Gasteiger partial charge < -0.3 is 10.6 Å². The number of carbonyl (C=O) groups excluding carboxylic acids is 1. The number of nitrogens with one attached hydrogen (secondary N) is 2. The molecule has 0 bridgehead atoms. The zero-order valence-electron chi connectivity index (χ0n) is 6.48. The fourth-order valence-corrected chi connectivity index (χ4v) is 1.26. The van der Waals surface area contributed by atoms with Gasteiger partial charge in [-0.2, -0.15) is 5.26 Å². The lowest BCUT2D eigenvalue weighted by molar-refractivity contribution is -0.120. The summed E-state index contributed by atoms with van der Waals surface area (Å²) in [6.45, 7) is 2.79. The molecule has 0 aromatic carbocycles. The minimum atomic E-state index is -0.647. The highest BCUT2D eigenvalue weighted by molar-refractivity contribution is 5.74. The van der Waals surface area contributed by atoms with Gasteiger partial charge in [0, 0.05) is 13.5 Å². The van der Waals surface area contributed by atoms with E-state index in [0.717, 1.165) is 6.54 Å². The molecule has 0 aromatic heterocycles. The summed E-state index contributed by atoms with van der Waals surface area (Å²) in [5.74, 6) is -0.143. The number of nitriles is 1. The SMILES string of the molecule is CC(=O)NC1(C#N)CCNC1. The lowest BCUT2D eigenvalue weighted by Gasteiger charge is -2.19. The second kappa shape index (κ2) is 2.89. The number of rotatable bonds is 1. The second-order valence-corrected chi connectivity index (χ2v) is 2.80. The lowest BCUT2D eigenvalue weighted by atomic mass is 10.0. The third-order valence-electron chi connectivity index (χ3n) is 1.78.